The summed E-state index contributed by atoms with van der Waals surface area (Å²) >= 11 is 0. The van der Waals surface area contributed by atoms with Gasteiger partial charge in [-0.15, -0.1) is 0 Å². The first-order chi connectivity index (χ1) is 10.9. The van der Waals surface area contributed by atoms with Crippen LogP contribution >= 0.6 is 0 Å². The number of anilines is 2. The Morgan fingerprint density at radius 1 is 0.708 bits per heavy atom. The standard InChI is InChI=1S/C22H32N2/c1-21(2,3)18-13-16(14-19(20(18)23)22(4,5)6)15-9-11-17(12-10-15)24(7)8/h9-14H,23H2,1-8H3. The zero-order valence-corrected chi connectivity index (χ0v) is 16.5. The van der Waals surface area contributed by atoms with Crippen LogP contribution in [0.3, 0.4) is 0 Å². The summed E-state index contributed by atoms with van der Waals surface area (Å²) in [6, 6.07) is 13.2. The third-order valence-corrected chi connectivity index (χ3v) is 4.51. The summed E-state index contributed by atoms with van der Waals surface area (Å²) in [5, 5.41) is 0. The fraction of sp³-hybridized carbons (Fsp3) is 0.455. The lowest BCUT2D eigenvalue weighted by Crippen LogP contribution is -2.20. The van der Waals surface area contributed by atoms with E-state index in [0.717, 1.165) is 5.69 Å². The van der Waals surface area contributed by atoms with E-state index in [2.05, 4.69) is 96.9 Å². The molecule has 0 saturated carbocycles. The number of hydrogen-bond acceptors (Lipinski definition) is 2. The van der Waals surface area contributed by atoms with Crippen LogP contribution in [0.4, 0.5) is 11.4 Å². The molecule has 0 unspecified atom stereocenters. The summed E-state index contributed by atoms with van der Waals surface area (Å²) in [5.74, 6) is 0. The Morgan fingerprint density at radius 3 is 1.46 bits per heavy atom. The molecule has 0 heterocycles. The Balaban J connectivity index is 2.66. The summed E-state index contributed by atoms with van der Waals surface area (Å²) in [5.41, 5.74) is 13.7. The molecular weight excluding hydrogens is 292 g/mol. The minimum atomic E-state index is 0.0175. The minimum Gasteiger partial charge on any atom is -0.398 e. The van der Waals surface area contributed by atoms with Crippen molar-refractivity contribution >= 4 is 11.4 Å². The van der Waals surface area contributed by atoms with E-state index >= 15 is 0 Å². The average molecular weight is 325 g/mol. The molecule has 0 saturated heterocycles. The van der Waals surface area contributed by atoms with Gasteiger partial charge in [0.1, 0.15) is 0 Å². The fourth-order valence-corrected chi connectivity index (χ4v) is 3.01. The summed E-state index contributed by atoms with van der Waals surface area (Å²) in [6.45, 7) is 13.4. The Morgan fingerprint density at radius 2 is 1.12 bits per heavy atom. The van der Waals surface area contributed by atoms with Gasteiger partial charge in [0.05, 0.1) is 0 Å². The van der Waals surface area contributed by atoms with Crippen molar-refractivity contribution < 1.29 is 0 Å². The molecule has 0 aliphatic rings. The van der Waals surface area contributed by atoms with Gasteiger partial charge in [0.2, 0.25) is 0 Å². The summed E-state index contributed by atoms with van der Waals surface area (Å²) in [4.78, 5) is 2.12. The van der Waals surface area contributed by atoms with Gasteiger partial charge in [-0.25, -0.2) is 0 Å². The van der Waals surface area contributed by atoms with E-state index in [-0.39, 0.29) is 10.8 Å². The fourth-order valence-electron chi connectivity index (χ4n) is 3.01. The van der Waals surface area contributed by atoms with Crippen molar-refractivity contribution in [3.05, 3.63) is 47.5 Å². The number of nitrogens with zero attached hydrogens (tertiary/aromatic N) is 1. The van der Waals surface area contributed by atoms with Gasteiger partial charge in [0, 0.05) is 25.5 Å². The molecular formula is C22H32N2. The van der Waals surface area contributed by atoms with Crippen molar-refractivity contribution in [1.29, 1.82) is 0 Å². The van der Waals surface area contributed by atoms with E-state index < -0.39 is 0 Å². The van der Waals surface area contributed by atoms with E-state index in [9.17, 15) is 0 Å². The van der Waals surface area contributed by atoms with Crippen LogP contribution in [0.25, 0.3) is 11.1 Å². The maximum absolute atomic E-state index is 6.56. The van der Waals surface area contributed by atoms with Crippen LogP contribution in [0.2, 0.25) is 0 Å². The highest BCUT2D eigenvalue weighted by molar-refractivity contribution is 5.73. The Bertz CT molecular complexity index is 676. The third kappa shape index (κ3) is 3.75. The van der Waals surface area contributed by atoms with Gasteiger partial charge in [-0.1, -0.05) is 53.7 Å². The molecule has 2 N–H and O–H groups in total. The second-order valence-corrected chi connectivity index (χ2v) is 8.93. The van der Waals surface area contributed by atoms with Crippen LogP contribution in [0.1, 0.15) is 52.7 Å². The van der Waals surface area contributed by atoms with Gasteiger partial charge in [-0.2, -0.15) is 0 Å². The van der Waals surface area contributed by atoms with E-state index in [1.54, 1.807) is 0 Å². The van der Waals surface area contributed by atoms with Crippen LogP contribution < -0.4 is 10.6 Å². The zero-order valence-electron chi connectivity index (χ0n) is 16.5. The van der Waals surface area contributed by atoms with E-state index in [1.807, 2.05) is 0 Å². The second kappa shape index (κ2) is 6.16. The molecule has 2 aromatic carbocycles. The molecule has 0 bridgehead atoms. The second-order valence-electron chi connectivity index (χ2n) is 8.93. The summed E-state index contributed by atoms with van der Waals surface area (Å²) in [6.07, 6.45) is 0. The first kappa shape index (κ1) is 18.4. The predicted octanol–water partition coefficient (Wildman–Crippen LogP) is 5.60. The molecule has 2 rings (SSSR count). The number of nitrogen functional groups attached to an aromatic ring is 1. The van der Waals surface area contributed by atoms with Crippen molar-refractivity contribution in [1.82, 2.24) is 0 Å². The van der Waals surface area contributed by atoms with Crippen LogP contribution in [0, 0.1) is 0 Å². The summed E-state index contributed by atoms with van der Waals surface area (Å²) in [7, 11) is 4.13. The lowest BCUT2D eigenvalue weighted by atomic mass is 9.77. The molecule has 130 valence electrons. The molecule has 2 nitrogen and oxygen atoms in total. The number of benzene rings is 2. The zero-order chi connectivity index (χ0) is 18.3. The van der Waals surface area contributed by atoms with Crippen LogP contribution in [-0.4, -0.2) is 14.1 Å². The van der Waals surface area contributed by atoms with E-state index in [0.29, 0.717) is 0 Å². The van der Waals surface area contributed by atoms with Crippen molar-refractivity contribution in [3.63, 3.8) is 0 Å². The normalized spacial score (nSPS) is 12.3. The average Bonchev–Trinajstić information content (AvgIpc) is 2.45. The van der Waals surface area contributed by atoms with Crippen molar-refractivity contribution in [2.24, 2.45) is 0 Å². The molecule has 0 fully saturated rings. The maximum atomic E-state index is 6.56. The number of rotatable bonds is 2. The molecule has 0 aliphatic carbocycles. The van der Waals surface area contributed by atoms with Crippen molar-refractivity contribution in [2.45, 2.75) is 52.4 Å². The van der Waals surface area contributed by atoms with Gasteiger partial charge >= 0.3 is 0 Å². The first-order valence-electron chi connectivity index (χ1n) is 8.63. The Labute approximate surface area is 147 Å². The highest BCUT2D eigenvalue weighted by Gasteiger charge is 2.25. The molecule has 0 radical (unpaired) electrons. The van der Waals surface area contributed by atoms with Gasteiger partial charge in [-0.3, -0.25) is 0 Å². The topological polar surface area (TPSA) is 29.3 Å². The quantitative estimate of drug-likeness (QED) is 0.729. The van der Waals surface area contributed by atoms with E-state index in [1.165, 1.54) is 27.9 Å². The van der Waals surface area contributed by atoms with Gasteiger partial charge in [0.15, 0.2) is 0 Å². The summed E-state index contributed by atoms with van der Waals surface area (Å²) < 4.78 is 0. The molecule has 2 heteroatoms. The molecule has 0 atom stereocenters. The van der Waals surface area contributed by atoms with Crippen molar-refractivity contribution in [3.8, 4) is 11.1 Å². The van der Waals surface area contributed by atoms with Gasteiger partial charge in [-0.05, 0) is 57.3 Å². The SMILES string of the molecule is CN(C)c1ccc(-c2cc(C(C)(C)C)c(N)c(C(C)(C)C)c2)cc1. The number of hydrogen-bond donors (Lipinski definition) is 1. The molecule has 0 spiro atoms. The molecule has 0 amide bonds. The molecule has 24 heavy (non-hydrogen) atoms. The number of nitrogens with two attached hydrogens (primary N) is 1. The maximum Gasteiger partial charge on any atom is 0.0390 e. The van der Waals surface area contributed by atoms with Gasteiger partial charge < -0.3 is 10.6 Å². The smallest absolute Gasteiger partial charge is 0.0390 e. The van der Waals surface area contributed by atoms with Crippen molar-refractivity contribution in [2.75, 3.05) is 24.7 Å². The Hall–Kier alpha value is -1.96. The predicted molar refractivity (Wildman–Crippen MR) is 108 cm³/mol. The minimum absolute atomic E-state index is 0.0175. The first-order valence-corrected chi connectivity index (χ1v) is 8.63. The largest absolute Gasteiger partial charge is 0.398 e. The van der Waals surface area contributed by atoms with Gasteiger partial charge in [0.25, 0.3) is 0 Å². The Kier molecular flexibility index (Phi) is 4.72. The van der Waals surface area contributed by atoms with Crippen LogP contribution in [0.5, 0.6) is 0 Å². The highest BCUT2D eigenvalue weighted by atomic mass is 15.1. The van der Waals surface area contributed by atoms with Crippen LogP contribution in [0.15, 0.2) is 36.4 Å². The van der Waals surface area contributed by atoms with Crippen LogP contribution in [-0.2, 0) is 10.8 Å². The molecule has 0 aromatic heterocycles. The lowest BCUT2D eigenvalue weighted by Gasteiger charge is -2.29. The monoisotopic (exact) mass is 324 g/mol. The highest BCUT2D eigenvalue weighted by Crippen LogP contribution is 2.39. The third-order valence-electron chi connectivity index (χ3n) is 4.51. The lowest BCUT2D eigenvalue weighted by molar-refractivity contribution is 0.573. The molecule has 0 aliphatic heterocycles. The molecule has 2 aromatic rings. The van der Waals surface area contributed by atoms with E-state index in [4.69, 9.17) is 5.73 Å².